The average Bonchev–Trinajstić information content (AvgIpc) is 2.61. The van der Waals surface area contributed by atoms with Crippen molar-refractivity contribution in [1.29, 1.82) is 0 Å². The lowest BCUT2D eigenvalue weighted by Gasteiger charge is -2.11. The lowest BCUT2D eigenvalue weighted by atomic mass is 10.2. The normalized spacial score (nSPS) is 9.84. The van der Waals surface area contributed by atoms with Crippen LogP contribution in [-0.4, -0.2) is 23.5 Å². The first kappa shape index (κ1) is 18.3. The molecule has 2 rings (SSSR count). The van der Waals surface area contributed by atoms with Crippen molar-refractivity contribution in [2.45, 2.75) is 6.92 Å². The molecule has 0 aromatic heterocycles. The van der Waals surface area contributed by atoms with Crippen LogP contribution in [0, 0.1) is 5.82 Å². The lowest BCUT2D eigenvalue weighted by molar-refractivity contribution is 0.0934. The molecule has 0 bridgehead atoms. The van der Waals surface area contributed by atoms with E-state index >= 15 is 0 Å². The van der Waals surface area contributed by atoms with Crippen molar-refractivity contribution in [3.8, 4) is 5.75 Å². The Morgan fingerprint density at radius 2 is 1.52 bits per heavy atom. The molecule has 0 fully saturated rings. The van der Waals surface area contributed by atoms with Gasteiger partial charge in [-0.15, -0.1) is 0 Å². The minimum absolute atomic E-state index is 0.0892. The van der Waals surface area contributed by atoms with Crippen molar-refractivity contribution in [3.63, 3.8) is 0 Å². The van der Waals surface area contributed by atoms with E-state index in [1.807, 2.05) is 6.92 Å². The van der Waals surface area contributed by atoms with Crippen molar-refractivity contribution in [2.75, 3.05) is 6.61 Å². The van der Waals surface area contributed by atoms with Gasteiger partial charge in [0.1, 0.15) is 11.6 Å². The number of benzene rings is 2. The summed E-state index contributed by atoms with van der Waals surface area (Å²) in [6, 6.07) is 11.5. The van der Waals surface area contributed by atoms with Crippen LogP contribution in [0.3, 0.4) is 0 Å². The van der Waals surface area contributed by atoms with E-state index in [1.54, 1.807) is 24.3 Å². The second-order valence-electron chi connectivity index (χ2n) is 4.83. The monoisotopic (exact) mass is 361 g/mol. The van der Waals surface area contributed by atoms with Crippen LogP contribution < -0.4 is 20.9 Å². The lowest BCUT2D eigenvalue weighted by Crippen LogP contribution is -2.48. The summed E-state index contributed by atoms with van der Waals surface area (Å²) >= 11 is 4.93. The van der Waals surface area contributed by atoms with Crippen LogP contribution in [0.4, 0.5) is 4.39 Å². The van der Waals surface area contributed by atoms with Crippen LogP contribution in [-0.2, 0) is 0 Å². The summed E-state index contributed by atoms with van der Waals surface area (Å²) < 4.78 is 18.1. The molecule has 2 aromatic carbocycles. The summed E-state index contributed by atoms with van der Waals surface area (Å²) in [6.07, 6.45) is 0. The molecule has 0 atom stereocenters. The molecule has 8 heteroatoms. The third-order valence-corrected chi connectivity index (χ3v) is 3.25. The first-order valence-corrected chi connectivity index (χ1v) is 7.80. The highest BCUT2D eigenvalue weighted by Gasteiger charge is 2.09. The fourth-order valence-electron chi connectivity index (χ4n) is 1.86. The van der Waals surface area contributed by atoms with E-state index in [9.17, 15) is 14.0 Å². The van der Waals surface area contributed by atoms with Gasteiger partial charge < -0.3 is 4.74 Å². The summed E-state index contributed by atoms with van der Waals surface area (Å²) in [5.74, 6) is -0.733. The van der Waals surface area contributed by atoms with Gasteiger partial charge in [0.15, 0.2) is 5.11 Å². The summed E-state index contributed by atoms with van der Waals surface area (Å²) in [5.41, 5.74) is 5.43. The van der Waals surface area contributed by atoms with Gasteiger partial charge in [0.25, 0.3) is 11.8 Å². The van der Waals surface area contributed by atoms with Crippen molar-refractivity contribution in [2.24, 2.45) is 0 Å². The fourth-order valence-corrected chi connectivity index (χ4v) is 2.01. The van der Waals surface area contributed by atoms with E-state index in [2.05, 4.69) is 16.2 Å². The van der Waals surface area contributed by atoms with E-state index in [4.69, 9.17) is 17.0 Å². The number of rotatable bonds is 4. The largest absolute Gasteiger partial charge is 0.494 e. The highest BCUT2D eigenvalue weighted by Crippen LogP contribution is 2.11. The topological polar surface area (TPSA) is 79.5 Å². The molecule has 0 aliphatic heterocycles. The summed E-state index contributed by atoms with van der Waals surface area (Å²) in [6.45, 7) is 2.40. The van der Waals surface area contributed by atoms with Crippen LogP contribution in [0.1, 0.15) is 27.6 Å². The zero-order chi connectivity index (χ0) is 18.2. The highest BCUT2D eigenvalue weighted by molar-refractivity contribution is 7.80. The van der Waals surface area contributed by atoms with Gasteiger partial charge in [0.2, 0.25) is 0 Å². The van der Waals surface area contributed by atoms with Crippen LogP contribution in [0.5, 0.6) is 5.75 Å². The van der Waals surface area contributed by atoms with E-state index < -0.39 is 17.6 Å². The Balaban J connectivity index is 1.83. The van der Waals surface area contributed by atoms with Gasteiger partial charge in [-0.05, 0) is 67.7 Å². The smallest absolute Gasteiger partial charge is 0.269 e. The first-order valence-electron chi connectivity index (χ1n) is 7.39. The van der Waals surface area contributed by atoms with Crippen molar-refractivity contribution >= 4 is 29.1 Å². The average molecular weight is 361 g/mol. The van der Waals surface area contributed by atoms with Crippen LogP contribution in [0.15, 0.2) is 48.5 Å². The second kappa shape index (κ2) is 8.74. The predicted octanol–water partition coefficient (Wildman–Crippen LogP) is 2.17. The Bertz CT molecular complexity index is 764. The number of carbonyl (C=O) groups excluding carboxylic acids is 2. The predicted molar refractivity (Wildman–Crippen MR) is 94.7 cm³/mol. The SMILES string of the molecule is CCOc1ccc(C(=O)NNC(=S)NC(=O)c2ccc(F)cc2)cc1. The highest BCUT2D eigenvalue weighted by atomic mass is 32.1. The number of nitrogens with one attached hydrogen (secondary N) is 3. The van der Waals surface area contributed by atoms with Crippen molar-refractivity contribution < 1.29 is 18.7 Å². The molecule has 0 spiro atoms. The Morgan fingerprint density at radius 1 is 0.960 bits per heavy atom. The number of hydrazine groups is 1. The molecule has 0 heterocycles. The maximum absolute atomic E-state index is 12.8. The maximum atomic E-state index is 12.8. The molecule has 6 nitrogen and oxygen atoms in total. The molecule has 3 N–H and O–H groups in total. The third-order valence-electron chi connectivity index (χ3n) is 3.05. The zero-order valence-corrected chi connectivity index (χ0v) is 14.2. The maximum Gasteiger partial charge on any atom is 0.269 e. The number of thiocarbonyl (C=S) groups is 1. The Kier molecular flexibility index (Phi) is 6.41. The minimum atomic E-state index is -0.521. The first-order chi connectivity index (χ1) is 12.0. The van der Waals surface area contributed by atoms with Crippen LogP contribution in [0.25, 0.3) is 0 Å². The zero-order valence-electron chi connectivity index (χ0n) is 13.3. The van der Waals surface area contributed by atoms with Gasteiger partial charge >= 0.3 is 0 Å². The molecule has 25 heavy (non-hydrogen) atoms. The molecule has 0 radical (unpaired) electrons. The Hall–Kier alpha value is -3.00. The quantitative estimate of drug-likeness (QED) is 0.575. The van der Waals surface area contributed by atoms with E-state index in [1.165, 1.54) is 24.3 Å². The summed E-state index contributed by atoms with van der Waals surface area (Å²) in [5, 5.41) is 2.28. The molecule has 2 aromatic rings. The minimum Gasteiger partial charge on any atom is -0.494 e. The molecule has 0 saturated carbocycles. The standard InChI is InChI=1S/C17H16FN3O3S/c1-2-24-14-9-5-12(6-10-14)16(23)20-21-17(25)19-15(22)11-3-7-13(18)8-4-11/h3-10H,2H2,1H3,(H,20,23)(H2,19,21,22,25). The molecule has 0 unspecified atom stereocenters. The van der Waals surface area contributed by atoms with Gasteiger partial charge in [-0.2, -0.15) is 0 Å². The van der Waals surface area contributed by atoms with E-state index in [-0.39, 0.29) is 10.7 Å². The van der Waals surface area contributed by atoms with Gasteiger partial charge in [0.05, 0.1) is 6.61 Å². The molecule has 0 saturated heterocycles. The van der Waals surface area contributed by atoms with E-state index in [0.717, 1.165) is 0 Å². The second-order valence-corrected chi connectivity index (χ2v) is 5.23. The van der Waals surface area contributed by atoms with Crippen LogP contribution in [0.2, 0.25) is 0 Å². The number of amides is 2. The van der Waals surface area contributed by atoms with Crippen molar-refractivity contribution in [3.05, 3.63) is 65.5 Å². The van der Waals surface area contributed by atoms with E-state index in [0.29, 0.717) is 17.9 Å². The van der Waals surface area contributed by atoms with Gasteiger partial charge in [-0.3, -0.25) is 25.8 Å². The van der Waals surface area contributed by atoms with Gasteiger partial charge in [-0.1, -0.05) is 0 Å². The Morgan fingerprint density at radius 3 is 2.12 bits per heavy atom. The number of ether oxygens (including phenoxy) is 1. The number of hydrogen-bond acceptors (Lipinski definition) is 4. The molecule has 0 aliphatic carbocycles. The Labute approximate surface area is 149 Å². The van der Waals surface area contributed by atoms with Gasteiger partial charge in [-0.25, -0.2) is 4.39 Å². The molecule has 2 amide bonds. The molecule has 130 valence electrons. The summed E-state index contributed by atoms with van der Waals surface area (Å²) in [4.78, 5) is 23.9. The van der Waals surface area contributed by atoms with Crippen LogP contribution >= 0.6 is 12.2 Å². The van der Waals surface area contributed by atoms with Crippen molar-refractivity contribution in [1.82, 2.24) is 16.2 Å². The third kappa shape index (κ3) is 5.54. The summed E-state index contributed by atoms with van der Waals surface area (Å²) in [7, 11) is 0. The fraction of sp³-hybridized carbons (Fsp3) is 0.118. The molecular weight excluding hydrogens is 345 g/mol. The number of halogens is 1. The molecule has 0 aliphatic rings. The molecular formula is C17H16FN3O3S. The van der Waals surface area contributed by atoms with Gasteiger partial charge in [0, 0.05) is 11.1 Å². The number of carbonyl (C=O) groups is 2. The number of hydrogen-bond donors (Lipinski definition) is 3.